The molecular weight excluding hydrogens is 292 g/mol. The Hall–Kier alpha value is -0.960. The Balaban J connectivity index is 1.96. The van der Waals surface area contributed by atoms with Crippen LogP contribution in [0.15, 0.2) is 0 Å². The summed E-state index contributed by atoms with van der Waals surface area (Å²) < 4.78 is 19.7. The molecule has 0 aromatic carbocycles. The van der Waals surface area contributed by atoms with Gasteiger partial charge in [-0.15, -0.1) is 4.37 Å². The third-order valence-corrected chi connectivity index (χ3v) is 3.60. The molecule has 21 heavy (non-hydrogen) atoms. The second-order valence-electron chi connectivity index (χ2n) is 6.05. The zero-order valence-electron chi connectivity index (χ0n) is 12.8. The van der Waals surface area contributed by atoms with Crippen LogP contribution in [0.5, 0.6) is 5.88 Å². The van der Waals surface area contributed by atoms with Crippen molar-refractivity contribution in [3.05, 3.63) is 0 Å². The lowest BCUT2D eigenvalue weighted by molar-refractivity contribution is 0.103. The van der Waals surface area contributed by atoms with Crippen LogP contribution in [-0.2, 0) is 4.74 Å². The van der Waals surface area contributed by atoms with Crippen LogP contribution in [0.3, 0.4) is 0 Å². The van der Waals surface area contributed by atoms with Gasteiger partial charge >= 0.3 is 0 Å². The summed E-state index contributed by atoms with van der Waals surface area (Å²) in [5.74, 6) is 1.24. The van der Waals surface area contributed by atoms with E-state index in [1.807, 2.05) is 0 Å². The molecule has 8 heteroatoms. The summed E-state index contributed by atoms with van der Waals surface area (Å²) in [5, 5.41) is 12.8. The lowest BCUT2D eigenvalue weighted by Crippen LogP contribution is -2.44. The number of nitrogens with zero attached hydrogens (tertiary/aromatic N) is 3. The molecule has 2 N–H and O–H groups in total. The molecule has 1 aromatic rings. The summed E-state index contributed by atoms with van der Waals surface area (Å²) in [6, 6.07) is 0. The third-order valence-electron chi connectivity index (χ3n) is 3.09. The van der Waals surface area contributed by atoms with Gasteiger partial charge in [-0.25, -0.2) is 0 Å². The van der Waals surface area contributed by atoms with Gasteiger partial charge in [0.2, 0.25) is 5.82 Å². The molecule has 0 unspecified atom stereocenters. The molecule has 0 spiro atoms. The predicted molar refractivity (Wildman–Crippen MR) is 82.2 cm³/mol. The van der Waals surface area contributed by atoms with Gasteiger partial charge in [-0.1, -0.05) is 0 Å². The van der Waals surface area contributed by atoms with Crippen molar-refractivity contribution in [2.45, 2.75) is 32.4 Å². The average Bonchev–Trinajstić information content (AvgIpc) is 2.91. The van der Waals surface area contributed by atoms with E-state index in [0.29, 0.717) is 25.6 Å². The van der Waals surface area contributed by atoms with Crippen molar-refractivity contribution in [2.75, 3.05) is 44.4 Å². The van der Waals surface area contributed by atoms with E-state index in [4.69, 9.17) is 9.47 Å². The number of anilines is 1. The molecule has 1 saturated heterocycles. The van der Waals surface area contributed by atoms with Gasteiger partial charge in [0.05, 0.1) is 31.5 Å². The van der Waals surface area contributed by atoms with E-state index in [2.05, 4.69) is 39.7 Å². The Labute approximate surface area is 129 Å². The molecule has 0 radical (unpaired) electrons. The summed E-state index contributed by atoms with van der Waals surface area (Å²) in [6.45, 7) is 9.65. The van der Waals surface area contributed by atoms with Gasteiger partial charge in [0.25, 0.3) is 5.88 Å². The summed E-state index contributed by atoms with van der Waals surface area (Å²) >= 11 is 1.13. The number of aliphatic hydroxyl groups is 1. The van der Waals surface area contributed by atoms with Crippen LogP contribution in [0.1, 0.15) is 20.8 Å². The maximum Gasteiger partial charge on any atom is 0.271 e. The maximum absolute atomic E-state index is 9.48. The molecule has 120 valence electrons. The quantitative estimate of drug-likeness (QED) is 0.791. The largest absolute Gasteiger partial charge is 0.467 e. The first-order valence-electron chi connectivity index (χ1n) is 7.17. The van der Waals surface area contributed by atoms with E-state index in [0.717, 1.165) is 30.6 Å². The first-order valence-corrected chi connectivity index (χ1v) is 7.90. The van der Waals surface area contributed by atoms with Crippen molar-refractivity contribution in [2.24, 2.45) is 0 Å². The van der Waals surface area contributed by atoms with Crippen molar-refractivity contribution >= 4 is 17.5 Å². The summed E-state index contributed by atoms with van der Waals surface area (Å²) in [7, 11) is 0. The highest BCUT2D eigenvalue weighted by atomic mass is 32.1. The van der Waals surface area contributed by atoms with E-state index in [1.54, 1.807) is 0 Å². The minimum atomic E-state index is -0.340. The molecule has 0 bridgehead atoms. The Morgan fingerprint density at radius 3 is 2.71 bits per heavy atom. The van der Waals surface area contributed by atoms with Gasteiger partial charge in [-0.3, -0.25) is 0 Å². The number of morpholine rings is 1. The van der Waals surface area contributed by atoms with Crippen molar-refractivity contribution in [3.8, 4) is 5.88 Å². The predicted octanol–water partition coefficient (Wildman–Crippen LogP) is 0.502. The molecule has 1 aliphatic rings. The molecule has 1 fully saturated rings. The summed E-state index contributed by atoms with van der Waals surface area (Å²) in [6.07, 6.45) is -0.340. The van der Waals surface area contributed by atoms with Gasteiger partial charge in [-0.2, -0.15) is 4.37 Å². The number of ether oxygens (including phenoxy) is 2. The van der Waals surface area contributed by atoms with E-state index < -0.39 is 0 Å². The van der Waals surface area contributed by atoms with E-state index in [9.17, 15) is 5.11 Å². The lowest BCUT2D eigenvalue weighted by atomic mass is 10.1. The number of hydrogen-bond acceptors (Lipinski definition) is 8. The van der Waals surface area contributed by atoms with Crippen LogP contribution >= 0.6 is 11.7 Å². The normalized spacial score (nSPS) is 17.8. The molecule has 7 nitrogen and oxygen atoms in total. The minimum absolute atomic E-state index is 0.0237. The second kappa shape index (κ2) is 7.35. The van der Waals surface area contributed by atoms with Gasteiger partial charge < -0.3 is 24.8 Å². The van der Waals surface area contributed by atoms with E-state index >= 15 is 0 Å². The Bertz CT molecular complexity index is 429. The van der Waals surface area contributed by atoms with Gasteiger partial charge in [0.1, 0.15) is 6.10 Å². The molecule has 1 aliphatic heterocycles. The van der Waals surface area contributed by atoms with Crippen molar-refractivity contribution in [1.29, 1.82) is 0 Å². The zero-order chi connectivity index (χ0) is 15.3. The van der Waals surface area contributed by atoms with Crippen molar-refractivity contribution in [3.63, 3.8) is 0 Å². The second-order valence-corrected chi connectivity index (χ2v) is 6.57. The highest BCUT2D eigenvalue weighted by Crippen LogP contribution is 2.27. The number of aliphatic hydroxyl groups excluding tert-OH is 1. The first-order chi connectivity index (χ1) is 9.99. The molecule has 2 rings (SSSR count). The van der Waals surface area contributed by atoms with Crippen LogP contribution in [0.4, 0.5) is 5.82 Å². The molecular formula is C13H24N4O3S. The molecule has 0 saturated carbocycles. The summed E-state index contributed by atoms with van der Waals surface area (Å²) in [5.41, 5.74) is -0.0237. The van der Waals surface area contributed by atoms with Crippen molar-refractivity contribution in [1.82, 2.24) is 14.1 Å². The summed E-state index contributed by atoms with van der Waals surface area (Å²) in [4.78, 5) is 2.11. The third kappa shape index (κ3) is 5.06. The Morgan fingerprint density at radius 1 is 1.38 bits per heavy atom. The molecule has 0 aliphatic carbocycles. The number of hydrogen-bond donors (Lipinski definition) is 2. The lowest BCUT2D eigenvalue weighted by Gasteiger charge is -2.28. The smallest absolute Gasteiger partial charge is 0.271 e. The monoisotopic (exact) mass is 316 g/mol. The number of rotatable bonds is 6. The molecule has 0 amide bonds. The first kappa shape index (κ1) is 16.4. The fourth-order valence-corrected chi connectivity index (χ4v) is 2.45. The molecule has 1 aromatic heterocycles. The highest BCUT2D eigenvalue weighted by Gasteiger charge is 2.23. The number of nitrogens with one attached hydrogen (secondary N) is 1. The van der Waals surface area contributed by atoms with Crippen LogP contribution in [0, 0.1) is 0 Å². The Kier molecular flexibility index (Phi) is 5.74. The van der Waals surface area contributed by atoms with Crippen LogP contribution in [0.25, 0.3) is 0 Å². The van der Waals surface area contributed by atoms with Gasteiger partial charge in [0, 0.05) is 25.2 Å². The SMILES string of the molecule is CC(C)(C)NC[C@H](CO)Oc1nsnc1N1CCOCC1. The van der Waals surface area contributed by atoms with Crippen LogP contribution < -0.4 is 15.0 Å². The molecule has 1 atom stereocenters. The maximum atomic E-state index is 9.48. The Morgan fingerprint density at radius 2 is 2.10 bits per heavy atom. The number of aromatic nitrogens is 2. The highest BCUT2D eigenvalue weighted by molar-refractivity contribution is 6.99. The minimum Gasteiger partial charge on any atom is -0.467 e. The van der Waals surface area contributed by atoms with Crippen LogP contribution in [-0.4, -0.2) is 65.0 Å². The average molecular weight is 316 g/mol. The van der Waals surface area contributed by atoms with Crippen molar-refractivity contribution < 1.29 is 14.6 Å². The van der Waals surface area contributed by atoms with Crippen LogP contribution in [0.2, 0.25) is 0 Å². The zero-order valence-corrected chi connectivity index (χ0v) is 13.7. The van der Waals surface area contributed by atoms with E-state index in [1.165, 1.54) is 0 Å². The topological polar surface area (TPSA) is 79.7 Å². The van der Waals surface area contributed by atoms with E-state index in [-0.39, 0.29) is 18.2 Å². The van der Waals surface area contributed by atoms with Gasteiger partial charge in [0.15, 0.2) is 0 Å². The molecule has 2 heterocycles. The fraction of sp³-hybridized carbons (Fsp3) is 0.846. The fourth-order valence-electron chi connectivity index (χ4n) is 1.94. The van der Waals surface area contributed by atoms with Gasteiger partial charge in [-0.05, 0) is 20.8 Å². The standard InChI is InChI=1S/C13H24N4O3S/c1-13(2,3)14-8-10(9-18)20-12-11(15-21-16-12)17-4-6-19-7-5-17/h10,14,18H,4-9H2,1-3H3/t10-/m1/s1.